The molecule has 0 unspecified atom stereocenters. The van der Waals surface area contributed by atoms with E-state index in [1.165, 1.54) is 6.07 Å². The average molecular weight is 491 g/mol. The Morgan fingerprint density at radius 3 is 2.70 bits per heavy atom. The van der Waals surface area contributed by atoms with E-state index in [0.29, 0.717) is 24.6 Å². The largest absolute Gasteiger partial charge is 0.861 e. The molecule has 2 heterocycles. The van der Waals surface area contributed by atoms with Crippen LogP contribution in [-0.2, 0) is 12.6 Å². The molecule has 3 rings (SSSR count). The Morgan fingerprint density at radius 2 is 2.00 bits per heavy atom. The van der Waals surface area contributed by atoms with E-state index in [1.807, 2.05) is 12.1 Å². The van der Waals surface area contributed by atoms with Crippen molar-refractivity contribution >= 4 is 53.6 Å². The molecule has 2 aromatic rings. The normalized spacial score (nSPS) is 15.5. The Hall–Kier alpha value is -2.08. The number of hydrogen-bond donors (Lipinski definition) is 1. The molecule has 33 heavy (non-hydrogen) atoms. The molecule has 11 heteroatoms. The van der Waals surface area contributed by atoms with Crippen LogP contribution in [0.5, 0.6) is 0 Å². The second kappa shape index (κ2) is 13.0. The lowest BCUT2D eigenvalue weighted by Crippen LogP contribution is -2.47. The summed E-state index contributed by atoms with van der Waals surface area (Å²) in [7, 11) is 0. The number of hydrogen-bond acceptors (Lipinski definition) is 10. The van der Waals surface area contributed by atoms with Crippen molar-refractivity contribution in [1.29, 1.82) is 0 Å². The number of piperazine rings is 1. The summed E-state index contributed by atoms with van der Waals surface area (Å²) in [5, 5.41) is 23.7. The summed E-state index contributed by atoms with van der Waals surface area (Å²) in [6.07, 6.45) is 0.974. The van der Waals surface area contributed by atoms with E-state index < -0.39 is 0 Å². The van der Waals surface area contributed by atoms with Gasteiger partial charge in [-0.05, 0) is 50.2 Å². The number of non-ortho nitro benzene ring substituents is 1. The van der Waals surface area contributed by atoms with Crippen LogP contribution in [0, 0.1) is 10.1 Å². The second-order valence-electron chi connectivity index (χ2n) is 7.97. The van der Waals surface area contributed by atoms with Gasteiger partial charge in [-0.15, -0.1) is 0 Å². The molecule has 0 N–H and O–H groups in total. The molecular formula is C22H30N6O3S2-2. The van der Waals surface area contributed by atoms with Crippen molar-refractivity contribution in [2.75, 3.05) is 75.3 Å². The highest BCUT2D eigenvalue weighted by Crippen LogP contribution is 2.23. The molecule has 0 aliphatic carbocycles. The minimum Gasteiger partial charge on any atom is -0.861 e. The van der Waals surface area contributed by atoms with E-state index in [0.717, 1.165) is 69.0 Å². The fourth-order valence-corrected chi connectivity index (χ4v) is 4.28. The monoisotopic (exact) mass is 490 g/mol. The van der Waals surface area contributed by atoms with Crippen LogP contribution in [0.3, 0.4) is 0 Å². The first-order valence-corrected chi connectivity index (χ1v) is 12.4. The van der Waals surface area contributed by atoms with Crippen LogP contribution in [0.2, 0.25) is 0 Å². The minimum absolute atomic E-state index is 0.0772. The van der Waals surface area contributed by atoms with Gasteiger partial charge in [0.15, 0.2) is 0 Å². The summed E-state index contributed by atoms with van der Waals surface area (Å²) >= 11 is 9.19. The lowest BCUT2D eigenvalue weighted by atomic mass is 10.2. The van der Waals surface area contributed by atoms with Crippen molar-refractivity contribution in [1.82, 2.24) is 14.8 Å². The summed E-state index contributed by atoms with van der Waals surface area (Å²) in [6, 6.07) is 8.59. The quantitative estimate of drug-likeness (QED) is 0.118. The molecule has 9 nitrogen and oxygen atoms in total. The average Bonchev–Trinajstić information content (AvgIpc) is 2.82. The summed E-state index contributed by atoms with van der Waals surface area (Å²) in [5.41, 5.74) is 0.839. The Balaban J connectivity index is 1.46. The van der Waals surface area contributed by atoms with Crippen LogP contribution >= 0.6 is 12.6 Å². The number of nitrogens with zero attached hydrogens (tertiary/aromatic N) is 6. The number of pyridine rings is 1. The Kier molecular flexibility index (Phi) is 10.0. The van der Waals surface area contributed by atoms with E-state index in [1.54, 1.807) is 12.1 Å². The Morgan fingerprint density at radius 1 is 1.21 bits per heavy atom. The molecular weight excluding hydrogens is 460 g/mol. The van der Waals surface area contributed by atoms with Crippen LogP contribution in [0.25, 0.3) is 10.9 Å². The fraction of sp³-hybridized carbons (Fsp3) is 0.545. The number of fused-ring (bicyclic) bond motifs is 1. The van der Waals surface area contributed by atoms with E-state index >= 15 is 0 Å². The molecule has 1 aromatic heterocycles. The SMILES string of the molecule is O=[N+]([O-])c1ccc2nc(N3CCN(CCCN(CC[S-])CC([O-])=NCCS)CC3)ccc2c1. The molecule has 180 valence electrons. The Bertz CT molecular complexity index is 953. The molecule has 1 fully saturated rings. The predicted molar refractivity (Wildman–Crippen MR) is 136 cm³/mol. The zero-order chi connectivity index (χ0) is 23.6. The van der Waals surface area contributed by atoms with Crippen LogP contribution in [0.4, 0.5) is 11.5 Å². The number of aromatic nitrogens is 1. The van der Waals surface area contributed by atoms with Crippen molar-refractivity contribution in [2.45, 2.75) is 6.42 Å². The summed E-state index contributed by atoms with van der Waals surface area (Å²) < 4.78 is 0. The zero-order valence-electron chi connectivity index (χ0n) is 18.6. The first-order chi connectivity index (χ1) is 16.0. The molecule has 0 bridgehead atoms. The first kappa shape index (κ1) is 25.5. The van der Waals surface area contributed by atoms with Crippen molar-refractivity contribution < 1.29 is 10.0 Å². The van der Waals surface area contributed by atoms with Gasteiger partial charge in [0.05, 0.1) is 10.4 Å². The molecule has 1 saturated heterocycles. The van der Waals surface area contributed by atoms with E-state index in [4.69, 9.17) is 17.6 Å². The topological polar surface area (TPSA) is 101 Å². The number of nitro groups is 1. The number of aliphatic imine (C=N–C) groups is 1. The van der Waals surface area contributed by atoms with E-state index in [9.17, 15) is 15.2 Å². The highest BCUT2D eigenvalue weighted by Gasteiger charge is 2.18. The third-order valence-corrected chi connectivity index (χ3v) is 6.05. The third kappa shape index (κ3) is 7.73. The molecule has 0 atom stereocenters. The molecule has 0 radical (unpaired) electrons. The van der Waals surface area contributed by atoms with Crippen LogP contribution < -0.4 is 10.0 Å². The number of anilines is 1. The number of benzene rings is 1. The van der Waals surface area contributed by atoms with Gasteiger partial charge >= 0.3 is 0 Å². The van der Waals surface area contributed by atoms with Gasteiger partial charge in [0.2, 0.25) is 0 Å². The van der Waals surface area contributed by atoms with Gasteiger partial charge in [0.25, 0.3) is 5.69 Å². The summed E-state index contributed by atoms with van der Waals surface area (Å²) in [6.45, 7) is 6.95. The third-order valence-electron chi connectivity index (χ3n) is 5.67. The highest BCUT2D eigenvalue weighted by atomic mass is 32.1. The Labute approximate surface area is 205 Å². The lowest BCUT2D eigenvalue weighted by molar-refractivity contribution is -0.384. The first-order valence-electron chi connectivity index (χ1n) is 11.1. The predicted octanol–water partition coefficient (Wildman–Crippen LogP) is 1.19. The molecule has 0 spiro atoms. The lowest BCUT2D eigenvalue weighted by Gasteiger charge is -2.36. The molecule has 1 aliphatic heterocycles. The maximum atomic E-state index is 11.9. The highest BCUT2D eigenvalue weighted by molar-refractivity contribution is 7.80. The number of rotatable bonds is 12. The standard InChI is InChI=1S/C22H32N6O3S2/c29-22(23-6-14-32)17-26(13-15-33)8-1-7-25-9-11-27(12-10-25)21-5-2-18-16-19(28(30)31)3-4-20(18)24-21/h2-5,16,32-33H,1,6-15,17H2,(H,23,29)/p-2. The van der Waals surface area contributed by atoms with Crippen molar-refractivity contribution in [2.24, 2.45) is 4.99 Å². The van der Waals surface area contributed by atoms with Crippen molar-refractivity contribution in [3.63, 3.8) is 0 Å². The van der Waals surface area contributed by atoms with Crippen molar-refractivity contribution in [3.8, 4) is 0 Å². The van der Waals surface area contributed by atoms with Crippen LogP contribution in [-0.4, -0.2) is 96.0 Å². The minimum atomic E-state index is -0.389. The van der Waals surface area contributed by atoms with Gasteiger partial charge in [-0.25, -0.2) is 4.98 Å². The smallest absolute Gasteiger partial charge is 0.270 e. The van der Waals surface area contributed by atoms with E-state index in [2.05, 4.69) is 32.3 Å². The maximum absolute atomic E-state index is 11.9. The zero-order valence-corrected chi connectivity index (χ0v) is 20.3. The van der Waals surface area contributed by atoms with Gasteiger partial charge in [0.1, 0.15) is 5.82 Å². The van der Waals surface area contributed by atoms with E-state index in [-0.39, 0.29) is 16.5 Å². The van der Waals surface area contributed by atoms with Crippen LogP contribution in [0.1, 0.15) is 6.42 Å². The molecule has 0 saturated carbocycles. The number of nitro benzene ring substituents is 1. The van der Waals surface area contributed by atoms with Gasteiger partial charge in [-0.1, -0.05) is 0 Å². The van der Waals surface area contributed by atoms with Gasteiger partial charge < -0.3 is 32.5 Å². The van der Waals surface area contributed by atoms with Gasteiger partial charge in [-0.3, -0.25) is 15.0 Å². The summed E-state index contributed by atoms with van der Waals surface area (Å²) in [5.74, 6) is 1.98. The number of thiol groups is 1. The molecule has 0 amide bonds. The summed E-state index contributed by atoms with van der Waals surface area (Å²) in [4.78, 5) is 26.0. The van der Waals surface area contributed by atoms with Crippen molar-refractivity contribution in [3.05, 3.63) is 40.4 Å². The van der Waals surface area contributed by atoms with Gasteiger partial charge in [0, 0.05) is 62.5 Å². The fourth-order valence-electron chi connectivity index (χ4n) is 3.93. The molecule has 1 aliphatic rings. The second-order valence-corrected chi connectivity index (χ2v) is 8.82. The van der Waals surface area contributed by atoms with Gasteiger partial charge in [-0.2, -0.15) is 18.4 Å². The van der Waals surface area contributed by atoms with Crippen LogP contribution in [0.15, 0.2) is 35.3 Å². The molecule has 1 aromatic carbocycles. The maximum Gasteiger partial charge on any atom is 0.270 e.